The van der Waals surface area contributed by atoms with E-state index >= 15 is 0 Å². The highest BCUT2D eigenvalue weighted by Crippen LogP contribution is 2.26. The summed E-state index contributed by atoms with van der Waals surface area (Å²) in [6.07, 6.45) is 1.71. The Morgan fingerprint density at radius 1 is 0.806 bits per heavy atom. The second-order valence-electron chi connectivity index (χ2n) is 7.11. The molecule has 164 valence electrons. The van der Waals surface area contributed by atoms with Crippen LogP contribution in [0.25, 0.3) is 0 Å². The Bertz CT molecular complexity index is 1240. The summed E-state index contributed by atoms with van der Waals surface area (Å²) in [4.78, 5) is -0.300. The number of benzene rings is 3. The molecule has 3 aromatic carbocycles. The van der Waals surface area contributed by atoms with Crippen LogP contribution in [0.5, 0.6) is 0 Å². The first kappa shape index (κ1) is 23.1. The van der Waals surface area contributed by atoms with Gasteiger partial charge in [0.05, 0.1) is 14.7 Å². The minimum Gasteiger partial charge on any atom is -0.219 e. The molecule has 0 aliphatic rings. The lowest BCUT2D eigenvalue weighted by Gasteiger charge is -2.14. The zero-order valence-electron chi connectivity index (χ0n) is 17.1. The van der Waals surface area contributed by atoms with Crippen LogP contribution in [-0.2, 0) is 32.7 Å². The van der Waals surface area contributed by atoms with E-state index in [2.05, 4.69) is 4.72 Å². The van der Waals surface area contributed by atoms with Crippen molar-refractivity contribution in [1.82, 2.24) is 4.72 Å². The van der Waals surface area contributed by atoms with E-state index in [4.69, 9.17) is 0 Å². The number of halogens is 1. The lowest BCUT2D eigenvalue weighted by Crippen LogP contribution is -2.27. The predicted octanol–water partition coefficient (Wildman–Crippen LogP) is 4.13. The van der Waals surface area contributed by atoms with Crippen molar-refractivity contribution >= 4 is 19.9 Å². The van der Waals surface area contributed by atoms with E-state index in [0.29, 0.717) is 24.8 Å². The monoisotopic (exact) mass is 461 g/mol. The summed E-state index contributed by atoms with van der Waals surface area (Å²) in [7, 11) is -7.92. The minimum absolute atomic E-state index is 0.0504. The standard InChI is InChI=1S/C23H24FNO4S2/c1-2-6-19-9-12-22(30(26,27)21-13-10-20(24)11-14-21)17-23(19)31(28,29)25-16-15-18-7-4-3-5-8-18/h3-5,7-14,17,25H,2,6,15-16H2,1H3. The topological polar surface area (TPSA) is 80.3 Å². The number of rotatable bonds is 9. The van der Waals surface area contributed by atoms with E-state index < -0.39 is 25.7 Å². The molecule has 3 aromatic rings. The highest BCUT2D eigenvalue weighted by molar-refractivity contribution is 7.91. The molecule has 0 atom stereocenters. The van der Waals surface area contributed by atoms with Gasteiger partial charge < -0.3 is 0 Å². The Morgan fingerprint density at radius 2 is 1.45 bits per heavy atom. The fraction of sp³-hybridized carbons (Fsp3) is 0.217. The first-order valence-corrected chi connectivity index (χ1v) is 12.9. The Hall–Kier alpha value is -2.55. The maximum Gasteiger partial charge on any atom is 0.240 e. The SMILES string of the molecule is CCCc1ccc(S(=O)(=O)c2ccc(F)cc2)cc1S(=O)(=O)NCCc1ccccc1. The summed E-state index contributed by atoms with van der Waals surface area (Å²) in [6, 6.07) is 18.0. The molecule has 0 aliphatic heterocycles. The number of sulfonamides is 1. The molecular formula is C23H24FNO4S2. The molecule has 31 heavy (non-hydrogen) atoms. The highest BCUT2D eigenvalue weighted by Gasteiger charge is 2.24. The van der Waals surface area contributed by atoms with Crippen LogP contribution in [0.1, 0.15) is 24.5 Å². The third-order valence-electron chi connectivity index (χ3n) is 4.83. The maximum absolute atomic E-state index is 13.2. The van der Waals surface area contributed by atoms with Gasteiger partial charge in [-0.3, -0.25) is 0 Å². The Labute approximate surface area is 182 Å². The lowest BCUT2D eigenvalue weighted by atomic mass is 10.1. The van der Waals surface area contributed by atoms with Crippen molar-refractivity contribution < 1.29 is 21.2 Å². The fourth-order valence-electron chi connectivity index (χ4n) is 3.23. The average molecular weight is 462 g/mol. The molecule has 0 unspecified atom stereocenters. The van der Waals surface area contributed by atoms with Gasteiger partial charge in [-0.1, -0.05) is 49.7 Å². The lowest BCUT2D eigenvalue weighted by molar-refractivity contribution is 0.579. The molecule has 1 N–H and O–H groups in total. The van der Waals surface area contributed by atoms with E-state index in [-0.39, 0.29) is 21.2 Å². The first-order valence-electron chi connectivity index (χ1n) is 9.91. The van der Waals surface area contributed by atoms with Gasteiger partial charge in [-0.05, 0) is 60.4 Å². The summed E-state index contributed by atoms with van der Waals surface area (Å²) in [5.41, 5.74) is 1.54. The Morgan fingerprint density at radius 3 is 2.10 bits per heavy atom. The van der Waals surface area contributed by atoms with E-state index in [9.17, 15) is 21.2 Å². The van der Waals surface area contributed by atoms with E-state index in [1.807, 2.05) is 37.3 Å². The molecule has 0 saturated heterocycles. The molecule has 0 aliphatic carbocycles. The van der Waals surface area contributed by atoms with Gasteiger partial charge in [0, 0.05) is 6.54 Å². The number of sulfone groups is 1. The maximum atomic E-state index is 13.2. The smallest absolute Gasteiger partial charge is 0.219 e. The molecule has 0 saturated carbocycles. The molecular weight excluding hydrogens is 437 g/mol. The van der Waals surface area contributed by atoms with E-state index in [1.54, 1.807) is 0 Å². The number of nitrogens with one attached hydrogen (secondary N) is 1. The van der Waals surface area contributed by atoms with E-state index in [1.165, 1.54) is 18.2 Å². The van der Waals surface area contributed by atoms with Crippen LogP contribution >= 0.6 is 0 Å². The normalized spacial score (nSPS) is 12.1. The number of hydrogen-bond donors (Lipinski definition) is 1. The Balaban J connectivity index is 1.93. The van der Waals surface area contributed by atoms with Gasteiger partial charge in [-0.15, -0.1) is 0 Å². The van der Waals surface area contributed by atoms with Crippen molar-refractivity contribution in [3.63, 3.8) is 0 Å². The second kappa shape index (κ2) is 9.72. The van der Waals surface area contributed by atoms with Crippen LogP contribution in [-0.4, -0.2) is 23.4 Å². The van der Waals surface area contributed by atoms with Crippen molar-refractivity contribution in [2.45, 2.75) is 40.9 Å². The van der Waals surface area contributed by atoms with Crippen LogP contribution in [0.2, 0.25) is 0 Å². The quantitative estimate of drug-likeness (QED) is 0.486. The summed E-state index contributed by atoms with van der Waals surface area (Å²) in [5.74, 6) is -0.553. The molecule has 8 heteroatoms. The van der Waals surface area contributed by atoms with Crippen LogP contribution < -0.4 is 4.72 Å². The largest absolute Gasteiger partial charge is 0.240 e. The molecule has 0 radical (unpaired) electrons. The predicted molar refractivity (Wildman–Crippen MR) is 118 cm³/mol. The van der Waals surface area contributed by atoms with Crippen molar-refractivity contribution in [1.29, 1.82) is 0 Å². The van der Waals surface area contributed by atoms with Crippen LogP contribution in [0.15, 0.2) is 87.5 Å². The van der Waals surface area contributed by atoms with Crippen molar-refractivity contribution in [2.75, 3.05) is 6.54 Å². The van der Waals surface area contributed by atoms with Crippen LogP contribution in [0.3, 0.4) is 0 Å². The molecule has 0 aromatic heterocycles. The van der Waals surface area contributed by atoms with Gasteiger partial charge in [0.15, 0.2) is 0 Å². The van der Waals surface area contributed by atoms with Crippen molar-refractivity contribution in [2.24, 2.45) is 0 Å². The Kier molecular flexibility index (Phi) is 7.25. The van der Waals surface area contributed by atoms with Gasteiger partial charge in [0.25, 0.3) is 0 Å². The number of hydrogen-bond acceptors (Lipinski definition) is 4. The summed E-state index contributed by atoms with van der Waals surface area (Å²) >= 11 is 0. The van der Waals surface area contributed by atoms with Crippen LogP contribution in [0, 0.1) is 5.82 Å². The number of aryl methyl sites for hydroxylation is 1. The second-order valence-corrected chi connectivity index (χ2v) is 10.8. The van der Waals surface area contributed by atoms with E-state index in [0.717, 1.165) is 29.8 Å². The van der Waals surface area contributed by atoms with Crippen molar-refractivity contribution in [3.8, 4) is 0 Å². The fourth-order valence-corrected chi connectivity index (χ4v) is 5.92. The first-order chi connectivity index (χ1) is 14.7. The molecule has 0 heterocycles. The summed E-state index contributed by atoms with van der Waals surface area (Å²) in [6.45, 7) is 2.11. The molecule has 0 bridgehead atoms. The van der Waals surface area contributed by atoms with Gasteiger partial charge in [0.1, 0.15) is 5.82 Å². The molecule has 5 nitrogen and oxygen atoms in total. The third-order valence-corrected chi connectivity index (χ3v) is 8.14. The molecule has 3 rings (SSSR count). The third kappa shape index (κ3) is 5.58. The summed E-state index contributed by atoms with van der Waals surface area (Å²) in [5, 5.41) is 0. The van der Waals surface area contributed by atoms with Gasteiger partial charge >= 0.3 is 0 Å². The molecule has 0 spiro atoms. The zero-order chi connectivity index (χ0) is 22.5. The molecule has 0 amide bonds. The van der Waals surface area contributed by atoms with Crippen molar-refractivity contribution in [3.05, 3.63) is 89.7 Å². The van der Waals surface area contributed by atoms with Gasteiger partial charge in [-0.25, -0.2) is 25.9 Å². The van der Waals surface area contributed by atoms with Crippen LogP contribution in [0.4, 0.5) is 4.39 Å². The summed E-state index contributed by atoms with van der Waals surface area (Å²) < 4.78 is 67.7. The van der Waals surface area contributed by atoms with Gasteiger partial charge in [0.2, 0.25) is 19.9 Å². The average Bonchev–Trinajstić information content (AvgIpc) is 2.75. The minimum atomic E-state index is -3.99. The molecule has 0 fully saturated rings. The zero-order valence-corrected chi connectivity index (χ0v) is 18.7. The highest BCUT2D eigenvalue weighted by atomic mass is 32.2. The van der Waals surface area contributed by atoms with Gasteiger partial charge in [-0.2, -0.15) is 0 Å².